The fraction of sp³-hybridized carbons (Fsp3) is 0.167. The number of rotatable bonds is 0. The van der Waals surface area contributed by atoms with Crippen LogP contribution in [0.3, 0.4) is 0 Å². The first kappa shape index (κ1) is 12.7. The Labute approximate surface area is 132 Å². The van der Waals surface area contributed by atoms with Gasteiger partial charge in [-0.05, 0) is 24.3 Å². The highest BCUT2D eigenvalue weighted by molar-refractivity contribution is 5.95. The molecule has 3 heterocycles. The minimum absolute atomic E-state index is 0.197. The third-order valence-corrected chi connectivity index (χ3v) is 4.39. The van der Waals surface area contributed by atoms with Crippen LogP contribution in [-0.4, -0.2) is 5.97 Å². The summed E-state index contributed by atoms with van der Waals surface area (Å²) in [7, 11) is 0. The minimum Gasteiger partial charge on any atom is -0.465 e. The van der Waals surface area contributed by atoms with E-state index in [1.807, 2.05) is 43.3 Å². The second-order valence-electron chi connectivity index (χ2n) is 5.80. The number of hydrogen-bond acceptors (Lipinski definition) is 5. The van der Waals surface area contributed by atoms with Crippen molar-refractivity contribution in [2.24, 2.45) is 0 Å². The summed E-state index contributed by atoms with van der Waals surface area (Å²) in [6, 6.07) is 14.7. The van der Waals surface area contributed by atoms with Crippen LogP contribution in [0.1, 0.15) is 18.1 Å². The summed E-state index contributed by atoms with van der Waals surface area (Å²) in [5.41, 5.74) is 1.62. The van der Waals surface area contributed by atoms with E-state index in [0.29, 0.717) is 17.1 Å². The first-order chi connectivity index (χ1) is 11.1. The van der Waals surface area contributed by atoms with Gasteiger partial charge in [0.1, 0.15) is 23.3 Å². The zero-order valence-electron chi connectivity index (χ0n) is 12.2. The van der Waals surface area contributed by atoms with Crippen LogP contribution in [0.2, 0.25) is 0 Å². The SMILES string of the molecule is CC12OC=C3C(=O)Oc4ccccc4C3(Oc3ccccc31)O2. The van der Waals surface area contributed by atoms with Gasteiger partial charge in [0.2, 0.25) is 5.79 Å². The highest BCUT2D eigenvalue weighted by Gasteiger charge is 2.61. The molecule has 114 valence electrons. The van der Waals surface area contributed by atoms with E-state index in [1.165, 1.54) is 6.26 Å². The summed E-state index contributed by atoms with van der Waals surface area (Å²) < 4.78 is 23.5. The van der Waals surface area contributed by atoms with Crippen molar-refractivity contribution in [1.29, 1.82) is 0 Å². The molecule has 5 rings (SSSR count). The van der Waals surface area contributed by atoms with E-state index in [9.17, 15) is 4.79 Å². The molecule has 0 amide bonds. The van der Waals surface area contributed by atoms with E-state index in [0.717, 1.165) is 5.56 Å². The lowest BCUT2D eigenvalue weighted by molar-refractivity contribution is -0.348. The quantitative estimate of drug-likeness (QED) is 0.553. The van der Waals surface area contributed by atoms with Crippen LogP contribution >= 0.6 is 0 Å². The normalized spacial score (nSPS) is 29.8. The Kier molecular flexibility index (Phi) is 2.18. The molecule has 2 bridgehead atoms. The molecule has 0 saturated carbocycles. The molecule has 0 fully saturated rings. The van der Waals surface area contributed by atoms with Crippen LogP contribution in [0.4, 0.5) is 0 Å². The molecular formula is C18H12O5. The average molecular weight is 308 g/mol. The summed E-state index contributed by atoms with van der Waals surface area (Å²) in [4.78, 5) is 12.4. The second kappa shape index (κ2) is 3.94. The summed E-state index contributed by atoms with van der Waals surface area (Å²) in [5, 5.41) is 0. The molecule has 0 saturated heterocycles. The van der Waals surface area contributed by atoms with E-state index in [4.69, 9.17) is 18.9 Å². The molecule has 0 aliphatic carbocycles. The van der Waals surface area contributed by atoms with Crippen LogP contribution in [0.5, 0.6) is 11.5 Å². The van der Waals surface area contributed by atoms with Crippen molar-refractivity contribution in [1.82, 2.24) is 0 Å². The van der Waals surface area contributed by atoms with Gasteiger partial charge in [0.25, 0.3) is 5.79 Å². The number of hydrogen-bond donors (Lipinski definition) is 0. The molecule has 5 heteroatoms. The standard InChI is InChI=1S/C18H12O5/c1-17-11-6-2-5-9-15(11)22-18(23-17)12-7-3-4-8-14(12)21-16(19)13(18)10-20-17/h2-10H,1H3. The molecule has 0 radical (unpaired) electrons. The molecule has 0 N–H and O–H groups in total. The highest BCUT2D eigenvalue weighted by atomic mass is 16.8. The third kappa shape index (κ3) is 1.47. The number of fused-ring (bicyclic) bond motifs is 4. The molecule has 2 atom stereocenters. The molecule has 23 heavy (non-hydrogen) atoms. The third-order valence-electron chi connectivity index (χ3n) is 4.39. The van der Waals surface area contributed by atoms with Gasteiger partial charge in [-0.25, -0.2) is 4.79 Å². The zero-order chi connectivity index (χ0) is 15.7. The van der Waals surface area contributed by atoms with E-state index in [-0.39, 0.29) is 5.57 Å². The van der Waals surface area contributed by atoms with Crippen molar-refractivity contribution in [3.8, 4) is 11.5 Å². The maximum Gasteiger partial charge on any atom is 0.349 e. The highest BCUT2D eigenvalue weighted by Crippen LogP contribution is 2.56. The Bertz CT molecular complexity index is 886. The number of para-hydroxylation sites is 2. The summed E-state index contributed by atoms with van der Waals surface area (Å²) in [6.45, 7) is 1.81. The fourth-order valence-corrected chi connectivity index (χ4v) is 3.30. The van der Waals surface area contributed by atoms with Crippen molar-refractivity contribution in [3.63, 3.8) is 0 Å². The van der Waals surface area contributed by atoms with Crippen molar-refractivity contribution in [2.75, 3.05) is 0 Å². The van der Waals surface area contributed by atoms with Crippen molar-refractivity contribution >= 4 is 5.97 Å². The number of carbonyl (C=O) groups excluding carboxylic acids is 1. The van der Waals surface area contributed by atoms with Crippen molar-refractivity contribution < 1.29 is 23.7 Å². The molecule has 2 aromatic carbocycles. The van der Waals surface area contributed by atoms with Crippen LogP contribution in [0, 0.1) is 0 Å². The van der Waals surface area contributed by atoms with Crippen LogP contribution in [-0.2, 0) is 25.8 Å². The van der Waals surface area contributed by atoms with E-state index < -0.39 is 17.5 Å². The minimum atomic E-state index is -1.35. The number of carbonyl (C=O) groups is 1. The number of benzene rings is 2. The van der Waals surface area contributed by atoms with E-state index >= 15 is 0 Å². The van der Waals surface area contributed by atoms with Gasteiger partial charge in [0, 0.05) is 6.92 Å². The predicted molar refractivity (Wildman–Crippen MR) is 78.4 cm³/mol. The Morgan fingerprint density at radius 1 is 0.913 bits per heavy atom. The predicted octanol–water partition coefficient (Wildman–Crippen LogP) is 2.95. The first-order valence-corrected chi connectivity index (χ1v) is 7.31. The lowest BCUT2D eigenvalue weighted by Gasteiger charge is -2.50. The topological polar surface area (TPSA) is 54.0 Å². The number of ether oxygens (including phenoxy) is 4. The molecule has 1 spiro atoms. The Hall–Kier alpha value is -2.79. The summed E-state index contributed by atoms with van der Waals surface area (Å²) in [5.74, 6) is -1.88. The van der Waals surface area contributed by atoms with Crippen LogP contribution < -0.4 is 9.47 Å². The maximum absolute atomic E-state index is 12.4. The Morgan fingerprint density at radius 2 is 1.61 bits per heavy atom. The van der Waals surface area contributed by atoms with Gasteiger partial charge in [-0.3, -0.25) is 4.74 Å². The van der Waals surface area contributed by atoms with Crippen molar-refractivity contribution in [2.45, 2.75) is 18.5 Å². The lowest BCUT2D eigenvalue weighted by Crippen LogP contribution is -2.56. The molecule has 3 aliphatic heterocycles. The molecule has 0 aromatic heterocycles. The Balaban J connectivity index is 1.83. The van der Waals surface area contributed by atoms with Gasteiger partial charge in [0.05, 0.1) is 11.1 Å². The summed E-state index contributed by atoms with van der Waals surface area (Å²) >= 11 is 0. The lowest BCUT2D eigenvalue weighted by atomic mass is 9.90. The van der Waals surface area contributed by atoms with E-state index in [2.05, 4.69) is 0 Å². The largest absolute Gasteiger partial charge is 0.465 e. The van der Waals surface area contributed by atoms with Gasteiger partial charge >= 0.3 is 5.97 Å². The van der Waals surface area contributed by atoms with Gasteiger partial charge in [-0.15, -0.1) is 0 Å². The molecule has 5 nitrogen and oxygen atoms in total. The molecule has 3 aliphatic rings. The van der Waals surface area contributed by atoms with Gasteiger partial charge in [-0.1, -0.05) is 24.3 Å². The smallest absolute Gasteiger partial charge is 0.349 e. The Morgan fingerprint density at radius 3 is 2.43 bits per heavy atom. The van der Waals surface area contributed by atoms with Gasteiger partial charge in [-0.2, -0.15) is 0 Å². The van der Waals surface area contributed by atoms with Crippen LogP contribution in [0.15, 0.2) is 60.4 Å². The fourth-order valence-electron chi connectivity index (χ4n) is 3.30. The first-order valence-electron chi connectivity index (χ1n) is 7.31. The van der Waals surface area contributed by atoms with Gasteiger partial charge in [0.15, 0.2) is 0 Å². The molecule has 2 unspecified atom stereocenters. The maximum atomic E-state index is 12.4. The molecular weight excluding hydrogens is 296 g/mol. The van der Waals surface area contributed by atoms with E-state index in [1.54, 1.807) is 12.1 Å². The summed E-state index contributed by atoms with van der Waals surface area (Å²) in [6.07, 6.45) is 1.39. The zero-order valence-corrected chi connectivity index (χ0v) is 12.2. The molecule has 2 aromatic rings. The second-order valence-corrected chi connectivity index (χ2v) is 5.80. The van der Waals surface area contributed by atoms with Gasteiger partial charge < -0.3 is 14.2 Å². The average Bonchev–Trinajstić information content (AvgIpc) is 2.54. The van der Waals surface area contributed by atoms with Crippen molar-refractivity contribution in [3.05, 3.63) is 71.5 Å². The number of esters is 1. The van der Waals surface area contributed by atoms with Crippen LogP contribution in [0.25, 0.3) is 0 Å². The monoisotopic (exact) mass is 308 g/mol.